The Kier molecular flexibility index (Phi) is 4.33. The first kappa shape index (κ1) is 11.6. The summed E-state index contributed by atoms with van der Waals surface area (Å²) in [7, 11) is 0. The molecule has 0 fully saturated rings. The summed E-state index contributed by atoms with van der Waals surface area (Å²) in [6.07, 6.45) is 1.60. The number of nitrogens with zero attached hydrogens (tertiary/aromatic N) is 2. The molecule has 1 N–H and O–H groups in total. The van der Waals surface area contributed by atoms with Crippen molar-refractivity contribution in [3.8, 4) is 0 Å². The second-order valence-electron chi connectivity index (χ2n) is 3.20. The zero-order valence-corrected chi connectivity index (χ0v) is 10.6. The molecule has 0 unspecified atom stereocenters. The third-order valence-corrected chi connectivity index (χ3v) is 3.91. The minimum absolute atomic E-state index is 0.901. The maximum absolute atomic E-state index is 4.18. The average Bonchev–Trinajstić information content (AvgIpc) is 2.81. The summed E-state index contributed by atoms with van der Waals surface area (Å²) in [5.41, 5.74) is 1.31. The van der Waals surface area contributed by atoms with Crippen LogP contribution in [-0.4, -0.2) is 15.9 Å². The summed E-state index contributed by atoms with van der Waals surface area (Å²) in [5.74, 6) is 0. The summed E-state index contributed by atoms with van der Waals surface area (Å²) in [4.78, 5) is 5.43. The molecule has 0 bridgehead atoms. The molecule has 1 heterocycles. The van der Waals surface area contributed by atoms with Crippen LogP contribution in [0.25, 0.3) is 0 Å². The number of rotatable bonds is 5. The van der Waals surface area contributed by atoms with Crippen LogP contribution >= 0.6 is 23.3 Å². The van der Waals surface area contributed by atoms with Crippen molar-refractivity contribution in [3.63, 3.8) is 0 Å². The number of hydrogen-bond donors (Lipinski definition) is 1. The van der Waals surface area contributed by atoms with E-state index in [4.69, 9.17) is 0 Å². The molecule has 0 radical (unpaired) electrons. The van der Waals surface area contributed by atoms with Gasteiger partial charge in [0.15, 0.2) is 4.34 Å². The molecule has 1 aromatic carbocycles. The number of hydrogen-bond acceptors (Lipinski definition) is 5. The normalized spacial score (nSPS) is 10.6. The van der Waals surface area contributed by atoms with Crippen LogP contribution in [0.5, 0.6) is 0 Å². The fourth-order valence-electron chi connectivity index (χ4n) is 1.31. The zero-order chi connectivity index (χ0) is 11.2. The van der Waals surface area contributed by atoms with Crippen LogP contribution < -0.4 is 5.32 Å². The van der Waals surface area contributed by atoms with Gasteiger partial charge in [0.25, 0.3) is 0 Å². The average molecular weight is 251 g/mol. The third-order valence-electron chi connectivity index (χ3n) is 2.08. The molecule has 0 aliphatic carbocycles. The van der Waals surface area contributed by atoms with E-state index in [0.29, 0.717) is 0 Å². The molecule has 0 aliphatic rings. The van der Waals surface area contributed by atoms with Gasteiger partial charge in [-0.3, -0.25) is 0 Å². The molecule has 16 heavy (non-hydrogen) atoms. The highest BCUT2D eigenvalue weighted by atomic mass is 32.2. The molecule has 0 saturated carbocycles. The second kappa shape index (κ2) is 5.98. The predicted octanol–water partition coefficient (Wildman–Crippen LogP) is 2.80. The first-order valence-electron chi connectivity index (χ1n) is 5.13. The van der Waals surface area contributed by atoms with E-state index in [0.717, 1.165) is 17.4 Å². The Morgan fingerprint density at radius 2 is 2.25 bits per heavy atom. The van der Waals surface area contributed by atoms with Gasteiger partial charge in [-0.25, -0.2) is 4.98 Å². The van der Waals surface area contributed by atoms with E-state index in [2.05, 4.69) is 45.9 Å². The van der Waals surface area contributed by atoms with Crippen molar-refractivity contribution in [2.75, 3.05) is 6.54 Å². The van der Waals surface area contributed by atoms with Gasteiger partial charge in [-0.05, 0) is 29.7 Å². The van der Waals surface area contributed by atoms with E-state index in [-0.39, 0.29) is 0 Å². The predicted molar refractivity (Wildman–Crippen MR) is 67.9 cm³/mol. The van der Waals surface area contributed by atoms with Crippen LogP contribution in [0.15, 0.2) is 39.8 Å². The molecule has 5 heteroatoms. The zero-order valence-electron chi connectivity index (χ0n) is 9.01. The fraction of sp³-hybridized carbons (Fsp3) is 0.273. The quantitative estimate of drug-likeness (QED) is 0.886. The maximum Gasteiger partial charge on any atom is 0.174 e. The lowest BCUT2D eigenvalue weighted by molar-refractivity contribution is 0.718. The van der Waals surface area contributed by atoms with Crippen LogP contribution in [-0.2, 0) is 6.54 Å². The summed E-state index contributed by atoms with van der Waals surface area (Å²) in [5, 5.41) is 3.34. The van der Waals surface area contributed by atoms with Crippen LogP contribution in [0.2, 0.25) is 0 Å². The number of benzene rings is 1. The van der Waals surface area contributed by atoms with Crippen molar-refractivity contribution >= 4 is 23.3 Å². The molecule has 2 rings (SSSR count). The van der Waals surface area contributed by atoms with Gasteiger partial charge < -0.3 is 5.32 Å². The van der Waals surface area contributed by atoms with Gasteiger partial charge in [0.2, 0.25) is 0 Å². The molecule has 0 aliphatic heterocycles. The maximum atomic E-state index is 4.18. The van der Waals surface area contributed by atoms with Crippen molar-refractivity contribution in [2.24, 2.45) is 0 Å². The highest BCUT2D eigenvalue weighted by Crippen LogP contribution is 2.30. The summed E-state index contributed by atoms with van der Waals surface area (Å²) >= 11 is 3.11. The molecule has 84 valence electrons. The molecule has 0 atom stereocenters. The summed E-state index contributed by atoms with van der Waals surface area (Å²) in [6, 6.07) is 8.39. The number of aromatic nitrogens is 2. The standard InChI is InChI=1S/C11H13N3S2/c1-2-12-7-9-5-3-4-6-10(9)15-11-13-8-14-16-11/h3-6,8,12H,2,7H2,1H3. The minimum Gasteiger partial charge on any atom is -0.313 e. The largest absolute Gasteiger partial charge is 0.313 e. The molecule has 0 amide bonds. The Morgan fingerprint density at radius 3 is 3.00 bits per heavy atom. The molecular formula is C11H13N3S2. The van der Waals surface area contributed by atoms with Gasteiger partial charge in [0.1, 0.15) is 6.33 Å². The van der Waals surface area contributed by atoms with Gasteiger partial charge in [-0.15, -0.1) is 0 Å². The van der Waals surface area contributed by atoms with Crippen molar-refractivity contribution in [1.82, 2.24) is 14.7 Å². The van der Waals surface area contributed by atoms with E-state index in [9.17, 15) is 0 Å². The van der Waals surface area contributed by atoms with Crippen molar-refractivity contribution in [1.29, 1.82) is 0 Å². The van der Waals surface area contributed by atoms with Crippen molar-refractivity contribution in [3.05, 3.63) is 36.2 Å². The lowest BCUT2D eigenvalue weighted by Gasteiger charge is -2.07. The molecule has 3 nitrogen and oxygen atoms in total. The first-order chi connectivity index (χ1) is 7.90. The summed E-state index contributed by atoms with van der Waals surface area (Å²) in [6.45, 7) is 4.00. The van der Waals surface area contributed by atoms with E-state index in [1.807, 2.05) is 0 Å². The minimum atomic E-state index is 0.901. The lowest BCUT2D eigenvalue weighted by Crippen LogP contribution is -2.12. The Labute approximate surface area is 103 Å². The lowest BCUT2D eigenvalue weighted by atomic mass is 10.2. The topological polar surface area (TPSA) is 37.8 Å². The molecule has 0 spiro atoms. The van der Waals surface area contributed by atoms with Gasteiger partial charge in [0, 0.05) is 11.4 Å². The third kappa shape index (κ3) is 3.04. The summed E-state index contributed by atoms with van der Waals surface area (Å²) < 4.78 is 4.99. The smallest absolute Gasteiger partial charge is 0.174 e. The van der Waals surface area contributed by atoms with Crippen LogP contribution in [0.4, 0.5) is 0 Å². The molecule has 1 aromatic heterocycles. The van der Waals surface area contributed by atoms with Crippen molar-refractivity contribution in [2.45, 2.75) is 22.7 Å². The van der Waals surface area contributed by atoms with Gasteiger partial charge in [-0.1, -0.05) is 36.9 Å². The Balaban J connectivity index is 2.13. The SMILES string of the molecule is CCNCc1ccccc1Sc1ncns1. The Hall–Kier alpha value is -0.910. The highest BCUT2D eigenvalue weighted by molar-refractivity contribution is 8.01. The Bertz CT molecular complexity index is 429. The second-order valence-corrected chi connectivity index (χ2v) is 5.27. The van der Waals surface area contributed by atoms with E-state index >= 15 is 0 Å². The Morgan fingerprint density at radius 1 is 1.38 bits per heavy atom. The highest BCUT2D eigenvalue weighted by Gasteiger charge is 2.05. The molecule has 2 aromatic rings. The fourth-order valence-corrected chi connectivity index (χ4v) is 2.84. The van der Waals surface area contributed by atoms with Gasteiger partial charge in [-0.2, -0.15) is 4.37 Å². The van der Waals surface area contributed by atoms with Gasteiger partial charge >= 0.3 is 0 Å². The van der Waals surface area contributed by atoms with Crippen LogP contribution in [0.1, 0.15) is 12.5 Å². The van der Waals surface area contributed by atoms with Gasteiger partial charge in [0.05, 0.1) is 0 Å². The molecular weight excluding hydrogens is 238 g/mol. The molecule has 0 saturated heterocycles. The van der Waals surface area contributed by atoms with E-state index in [1.54, 1.807) is 18.1 Å². The van der Waals surface area contributed by atoms with E-state index < -0.39 is 0 Å². The first-order valence-corrected chi connectivity index (χ1v) is 6.72. The van der Waals surface area contributed by atoms with Crippen LogP contribution in [0, 0.1) is 0 Å². The number of nitrogens with one attached hydrogen (secondary N) is 1. The van der Waals surface area contributed by atoms with Crippen LogP contribution in [0.3, 0.4) is 0 Å². The van der Waals surface area contributed by atoms with Crippen molar-refractivity contribution < 1.29 is 0 Å². The monoisotopic (exact) mass is 251 g/mol. The van der Waals surface area contributed by atoms with E-state index in [1.165, 1.54) is 22.0 Å².